The molecule has 0 aromatic heterocycles. The maximum atomic E-state index is 3.58. The van der Waals surface area contributed by atoms with Crippen molar-refractivity contribution in [1.82, 2.24) is 10.2 Å². The average Bonchev–Trinajstić information content (AvgIpc) is 2.21. The molecule has 0 aliphatic rings. The van der Waals surface area contributed by atoms with Crippen LogP contribution in [0.25, 0.3) is 0 Å². The van der Waals surface area contributed by atoms with Crippen molar-refractivity contribution < 1.29 is 0 Å². The van der Waals surface area contributed by atoms with Crippen molar-refractivity contribution in [1.29, 1.82) is 0 Å². The fourth-order valence-corrected chi connectivity index (χ4v) is 2.23. The second kappa shape index (κ2) is 8.12. The summed E-state index contributed by atoms with van der Waals surface area (Å²) in [5.41, 5.74) is 0. The van der Waals surface area contributed by atoms with Gasteiger partial charge in [0.2, 0.25) is 0 Å². The van der Waals surface area contributed by atoms with Crippen molar-refractivity contribution in [3.63, 3.8) is 0 Å². The highest BCUT2D eigenvalue weighted by Crippen LogP contribution is 2.10. The van der Waals surface area contributed by atoms with Crippen molar-refractivity contribution in [2.24, 2.45) is 5.92 Å². The first-order valence-electron chi connectivity index (χ1n) is 6.54. The molecule has 0 aromatic carbocycles. The zero-order valence-corrected chi connectivity index (χ0v) is 11.5. The van der Waals surface area contributed by atoms with Gasteiger partial charge in [-0.1, -0.05) is 34.6 Å². The molecule has 0 saturated carbocycles. The van der Waals surface area contributed by atoms with Crippen LogP contribution in [0.15, 0.2) is 0 Å². The van der Waals surface area contributed by atoms with E-state index < -0.39 is 0 Å². The molecule has 2 nitrogen and oxygen atoms in total. The SMILES string of the molecule is CCNC(CC)C(C)N(CC)CC(C)C. The first-order valence-corrected chi connectivity index (χ1v) is 6.54. The van der Waals surface area contributed by atoms with Gasteiger partial charge in [-0.05, 0) is 32.4 Å². The average molecular weight is 214 g/mol. The summed E-state index contributed by atoms with van der Waals surface area (Å²) in [7, 11) is 0. The summed E-state index contributed by atoms with van der Waals surface area (Å²) in [6.45, 7) is 17.1. The van der Waals surface area contributed by atoms with Crippen LogP contribution in [0.2, 0.25) is 0 Å². The molecule has 0 aliphatic carbocycles. The maximum absolute atomic E-state index is 3.58. The normalized spacial score (nSPS) is 16.0. The second-order valence-corrected chi connectivity index (χ2v) is 4.79. The van der Waals surface area contributed by atoms with E-state index in [4.69, 9.17) is 0 Å². The van der Waals surface area contributed by atoms with Crippen molar-refractivity contribution in [3.05, 3.63) is 0 Å². The van der Waals surface area contributed by atoms with Crippen LogP contribution in [-0.2, 0) is 0 Å². The van der Waals surface area contributed by atoms with Crippen LogP contribution in [0.1, 0.15) is 48.0 Å². The Morgan fingerprint density at radius 1 is 1.07 bits per heavy atom. The number of likely N-dealkylation sites (N-methyl/N-ethyl adjacent to an activating group) is 2. The number of nitrogens with zero attached hydrogens (tertiary/aromatic N) is 1. The Bertz CT molecular complexity index is 145. The van der Waals surface area contributed by atoms with E-state index in [0.717, 1.165) is 19.0 Å². The van der Waals surface area contributed by atoms with Crippen molar-refractivity contribution in [2.45, 2.75) is 60.0 Å². The van der Waals surface area contributed by atoms with Gasteiger partial charge in [0.15, 0.2) is 0 Å². The zero-order valence-electron chi connectivity index (χ0n) is 11.5. The molecule has 0 spiro atoms. The van der Waals surface area contributed by atoms with Crippen LogP contribution in [0, 0.1) is 5.92 Å². The summed E-state index contributed by atoms with van der Waals surface area (Å²) in [6, 6.07) is 1.27. The predicted octanol–water partition coefficient (Wildman–Crippen LogP) is 2.74. The quantitative estimate of drug-likeness (QED) is 0.668. The molecular weight excluding hydrogens is 184 g/mol. The van der Waals surface area contributed by atoms with Gasteiger partial charge in [0.1, 0.15) is 0 Å². The van der Waals surface area contributed by atoms with Gasteiger partial charge in [0, 0.05) is 18.6 Å². The highest BCUT2D eigenvalue weighted by atomic mass is 15.2. The monoisotopic (exact) mass is 214 g/mol. The molecular formula is C13H30N2. The van der Waals surface area contributed by atoms with E-state index in [9.17, 15) is 0 Å². The van der Waals surface area contributed by atoms with Crippen LogP contribution < -0.4 is 5.32 Å². The number of hydrogen-bond donors (Lipinski definition) is 1. The zero-order chi connectivity index (χ0) is 11.8. The molecule has 0 rings (SSSR count). The summed E-state index contributed by atoms with van der Waals surface area (Å²) in [6.07, 6.45) is 1.21. The molecule has 0 heterocycles. The van der Waals surface area contributed by atoms with Gasteiger partial charge in [-0.25, -0.2) is 0 Å². The molecule has 92 valence electrons. The lowest BCUT2D eigenvalue weighted by Gasteiger charge is -2.35. The summed E-state index contributed by atoms with van der Waals surface area (Å²) >= 11 is 0. The van der Waals surface area contributed by atoms with E-state index >= 15 is 0 Å². The molecule has 0 aliphatic heterocycles. The van der Waals surface area contributed by atoms with Gasteiger partial charge < -0.3 is 5.32 Å². The van der Waals surface area contributed by atoms with E-state index in [1.165, 1.54) is 13.0 Å². The van der Waals surface area contributed by atoms with Crippen molar-refractivity contribution in [2.75, 3.05) is 19.6 Å². The van der Waals surface area contributed by atoms with Crippen LogP contribution in [0.3, 0.4) is 0 Å². The molecule has 0 aromatic rings. The van der Waals surface area contributed by atoms with Gasteiger partial charge in [-0.2, -0.15) is 0 Å². The molecule has 2 heteroatoms. The third-order valence-corrected chi connectivity index (χ3v) is 3.07. The van der Waals surface area contributed by atoms with Crippen molar-refractivity contribution in [3.8, 4) is 0 Å². The largest absolute Gasteiger partial charge is 0.313 e. The minimum Gasteiger partial charge on any atom is -0.313 e. The summed E-state index contributed by atoms with van der Waals surface area (Å²) in [4.78, 5) is 2.58. The molecule has 0 radical (unpaired) electrons. The second-order valence-electron chi connectivity index (χ2n) is 4.79. The van der Waals surface area contributed by atoms with Gasteiger partial charge >= 0.3 is 0 Å². The summed E-state index contributed by atoms with van der Waals surface area (Å²) in [5.74, 6) is 0.756. The number of hydrogen-bond acceptors (Lipinski definition) is 2. The summed E-state index contributed by atoms with van der Waals surface area (Å²) in [5, 5.41) is 3.58. The highest BCUT2D eigenvalue weighted by Gasteiger charge is 2.20. The Balaban J connectivity index is 4.25. The van der Waals surface area contributed by atoms with Crippen LogP contribution in [0.4, 0.5) is 0 Å². The molecule has 0 bridgehead atoms. The van der Waals surface area contributed by atoms with E-state index in [1.54, 1.807) is 0 Å². The first-order chi connectivity index (χ1) is 7.06. The van der Waals surface area contributed by atoms with E-state index in [2.05, 4.69) is 51.8 Å². The van der Waals surface area contributed by atoms with E-state index in [0.29, 0.717) is 12.1 Å². The molecule has 0 amide bonds. The lowest BCUT2D eigenvalue weighted by Crippen LogP contribution is -2.49. The Morgan fingerprint density at radius 2 is 1.67 bits per heavy atom. The van der Waals surface area contributed by atoms with Crippen LogP contribution >= 0.6 is 0 Å². The van der Waals surface area contributed by atoms with Crippen LogP contribution in [-0.4, -0.2) is 36.6 Å². The minimum absolute atomic E-state index is 0.633. The standard InChI is InChI=1S/C13H30N2/c1-7-13(14-8-2)12(6)15(9-3)10-11(4)5/h11-14H,7-10H2,1-6H3. The lowest BCUT2D eigenvalue weighted by atomic mass is 10.0. The van der Waals surface area contributed by atoms with Gasteiger partial charge in [0.25, 0.3) is 0 Å². The minimum atomic E-state index is 0.633. The molecule has 1 N–H and O–H groups in total. The summed E-state index contributed by atoms with van der Waals surface area (Å²) < 4.78 is 0. The fourth-order valence-electron chi connectivity index (χ4n) is 2.23. The molecule has 0 saturated heterocycles. The van der Waals surface area contributed by atoms with Gasteiger partial charge in [-0.3, -0.25) is 4.90 Å². The van der Waals surface area contributed by atoms with E-state index in [-0.39, 0.29) is 0 Å². The predicted molar refractivity (Wildman–Crippen MR) is 69.3 cm³/mol. The van der Waals surface area contributed by atoms with Gasteiger partial charge in [-0.15, -0.1) is 0 Å². The van der Waals surface area contributed by atoms with E-state index in [1.807, 2.05) is 0 Å². The lowest BCUT2D eigenvalue weighted by molar-refractivity contribution is 0.157. The third kappa shape index (κ3) is 5.53. The fraction of sp³-hybridized carbons (Fsp3) is 1.00. The third-order valence-electron chi connectivity index (χ3n) is 3.07. The number of rotatable bonds is 8. The van der Waals surface area contributed by atoms with Crippen molar-refractivity contribution >= 4 is 0 Å². The first kappa shape index (κ1) is 14.9. The Hall–Kier alpha value is -0.0800. The smallest absolute Gasteiger partial charge is 0.0220 e. The Labute approximate surface area is 96.4 Å². The Morgan fingerprint density at radius 3 is 2.00 bits per heavy atom. The molecule has 0 fully saturated rings. The molecule has 2 atom stereocenters. The van der Waals surface area contributed by atoms with Crippen LogP contribution in [0.5, 0.6) is 0 Å². The van der Waals surface area contributed by atoms with Gasteiger partial charge in [0.05, 0.1) is 0 Å². The maximum Gasteiger partial charge on any atom is 0.0220 e. The molecule has 15 heavy (non-hydrogen) atoms. The topological polar surface area (TPSA) is 15.3 Å². The Kier molecular flexibility index (Phi) is 8.07. The number of nitrogens with one attached hydrogen (secondary N) is 1. The highest BCUT2D eigenvalue weighted by molar-refractivity contribution is 4.79. The molecule has 2 unspecified atom stereocenters.